The number of carbonyl (C=O) groups is 1. The third-order valence-electron chi connectivity index (χ3n) is 10.8. The number of benzene rings is 1. The molecule has 3 heterocycles. The minimum absolute atomic E-state index is 0.00545. The van der Waals surface area contributed by atoms with Gasteiger partial charge in [0.15, 0.2) is 11.5 Å². The lowest BCUT2D eigenvalue weighted by Crippen LogP contribution is -2.78. The number of ether oxygens (including phenoxy) is 1. The Morgan fingerprint density at radius 2 is 2.05 bits per heavy atom. The first-order chi connectivity index (χ1) is 17.8. The quantitative estimate of drug-likeness (QED) is 0.559. The van der Waals surface area contributed by atoms with E-state index in [1.165, 1.54) is 5.56 Å². The first kappa shape index (κ1) is 22.8. The van der Waals surface area contributed by atoms with Gasteiger partial charge in [-0.25, -0.2) is 0 Å². The van der Waals surface area contributed by atoms with Crippen LogP contribution in [0.5, 0.6) is 11.5 Å². The fourth-order valence-electron chi connectivity index (χ4n) is 8.62. The van der Waals surface area contributed by atoms with E-state index in [2.05, 4.69) is 21.7 Å². The number of aliphatic hydroxyl groups is 2. The Balaban J connectivity index is 1.16. The Hall–Kier alpha value is -2.13. The van der Waals surface area contributed by atoms with Gasteiger partial charge in [0, 0.05) is 31.1 Å². The summed E-state index contributed by atoms with van der Waals surface area (Å²) in [5.41, 5.74) is 1.01. The molecular weight excluding hydrogens is 488 g/mol. The van der Waals surface area contributed by atoms with Crippen LogP contribution < -0.4 is 4.74 Å². The number of piperidine rings is 1. The molecule has 1 amide bonds. The van der Waals surface area contributed by atoms with E-state index in [-0.39, 0.29) is 29.7 Å². The average Bonchev–Trinajstić information content (AvgIpc) is 3.71. The van der Waals surface area contributed by atoms with Crippen molar-refractivity contribution in [2.75, 3.05) is 20.1 Å². The number of aromatic hydroxyl groups is 1. The van der Waals surface area contributed by atoms with Crippen LogP contribution in [0.2, 0.25) is 0 Å². The van der Waals surface area contributed by atoms with E-state index in [1.54, 1.807) is 17.4 Å². The van der Waals surface area contributed by atoms with Crippen molar-refractivity contribution in [3.8, 4) is 11.5 Å². The van der Waals surface area contributed by atoms with E-state index in [9.17, 15) is 20.1 Å². The number of rotatable bonds is 5. The molecule has 8 rings (SSSR count). The third-order valence-corrected chi connectivity index (χ3v) is 11.5. The highest BCUT2D eigenvalue weighted by Crippen LogP contribution is 2.66. The molecule has 7 atom stereocenters. The highest BCUT2D eigenvalue weighted by Gasteiger charge is 2.74. The monoisotopic (exact) mass is 522 g/mol. The van der Waals surface area contributed by atoms with Crippen molar-refractivity contribution in [3.05, 3.63) is 45.6 Å². The van der Waals surface area contributed by atoms with Crippen LogP contribution >= 0.6 is 11.3 Å². The second-order valence-electron chi connectivity index (χ2n) is 12.6. The molecule has 4 fully saturated rings. The summed E-state index contributed by atoms with van der Waals surface area (Å²) >= 11 is 1.67. The fourth-order valence-corrected chi connectivity index (χ4v) is 9.34. The summed E-state index contributed by atoms with van der Waals surface area (Å²) in [6.45, 7) is 1.35. The minimum atomic E-state index is -1.04. The number of phenolic OH excluding ortho intramolecular Hbond substituents is 1. The number of hydrogen-bond acceptors (Lipinski definition) is 7. The van der Waals surface area contributed by atoms with Crippen LogP contribution in [0.1, 0.15) is 61.1 Å². The van der Waals surface area contributed by atoms with Gasteiger partial charge in [0.1, 0.15) is 6.10 Å². The smallest absolute Gasteiger partial charge is 0.226 e. The number of thiophene rings is 1. The molecule has 37 heavy (non-hydrogen) atoms. The summed E-state index contributed by atoms with van der Waals surface area (Å²) in [7, 11) is 1.90. The molecule has 1 aromatic heterocycles. The van der Waals surface area contributed by atoms with Crippen LogP contribution in [0.25, 0.3) is 0 Å². The molecule has 2 aromatic rings. The topological polar surface area (TPSA) is 93.5 Å². The molecule has 3 N–H and O–H groups in total. The highest BCUT2D eigenvalue weighted by molar-refractivity contribution is 7.08. The van der Waals surface area contributed by atoms with Gasteiger partial charge < -0.3 is 25.0 Å². The van der Waals surface area contributed by atoms with E-state index >= 15 is 0 Å². The summed E-state index contributed by atoms with van der Waals surface area (Å²) in [6, 6.07) is 5.53. The second kappa shape index (κ2) is 7.29. The molecule has 7 nitrogen and oxygen atoms in total. The van der Waals surface area contributed by atoms with Gasteiger partial charge in [-0.1, -0.05) is 6.07 Å². The molecule has 1 aromatic carbocycles. The number of phenols is 1. The Morgan fingerprint density at radius 3 is 2.81 bits per heavy atom. The standard InChI is InChI=1S/C29H34N2O5S/c1-30(26(33)19-13-18(19)17-5-11-37-14-17)20-4-6-29(35)22-12-16-2-3-21(32)24-23(16)28(29,25(20)36-24)9-10-31(22)15-27(34)7-8-27/h2-3,5,11,14,18-20,22,25,32,34-35H,4,6-10,12-13,15H2,1H3/t18?,19?,20-,22?,25+,28+,29-/m1/s1. The molecule has 3 unspecified atom stereocenters. The Morgan fingerprint density at radius 1 is 1.22 bits per heavy atom. The Labute approximate surface area is 220 Å². The zero-order chi connectivity index (χ0) is 25.3. The van der Waals surface area contributed by atoms with Gasteiger partial charge in [-0.2, -0.15) is 11.3 Å². The fraction of sp³-hybridized carbons (Fsp3) is 0.621. The SMILES string of the molecule is CN(C(=O)C1CC1c1ccsc1)[C@@H]1CC[C@@]2(O)C3Cc4ccc(O)c5c4[C@@]2(CCN3CC2(O)CC2)[C@H]1O5. The number of likely N-dealkylation sites (N-methyl/N-ethyl adjacent to an activating group) is 1. The zero-order valence-corrected chi connectivity index (χ0v) is 21.9. The molecular formula is C29H34N2O5S. The van der Waals surface area contributed by atoms with E-state index in [0.29, 0.717) is 43.9 Å². The molecule has 1 spiro atoms. The molecule has 6 aliphatic rings. The Bertz CT molecular complexity index is 1290. The van der Waals surface area contributed by atoms with Gasteiger partial charge >= 0.3 is 0 Å². The predicted octanol–water partition coefficient (Wildman–Crippen LogP) is 2.76. The average molecular weight is 523 g/mol. The highest BCUT2D eigenvalue weighted by atomic mass is 32.1. The summed E-state index contributed by atoms with van der Waals surface area (Å²) in [5, 5.41) is 38.4. The molecule has 2 bridgehead atoms. The van der Waals surface area contributed by atoms with Gasteiger partial charge in [0.2, 0.25) is 5.91 Å². The number of β-amino-alcohol motifs (C(OH)–C–C–N with tert-alkyl or cyclic N) is 1. The lowest BCUT2D eigenvalue weighted by molar-refractivity contribution is -0.203. The van der Waals surface area contributed by atoms with Gasteiger partial charge in [-0.15, -0.1) is 0 Å². The van der Waals surface area contributed by atoms with Gasteiger partial charge in [-0.3, -0.25) is 9.69 Å². The van der Waals surface area contributed by atoms with E-state index < -0.39 is 22.7 Å². The van der Waals surface area contributed by atoms with Gasteiger partial charge in [0.25, 0.3) is 0 Å². The minimum Gasteiger partial charge on any atom is -0.504 e. The first-order valence-electron chi connectivity index (χ1n) is 13.8. The van der Waals surface area contributed by atoms with Crippen molar-refractivity contribution in [1.82, 2.24) is 9.80 Å². The van der Waals surface area contributed by atoms with Crippen LogP contribution in [-0.4, -0.2) is 80.6 Å². The van der Waals surface area contributed by atoms with Crippen LogP contribution in [-0.2, 0) is 16.6 Å². The van der Waals surface area contributed by atoms with Crippen LogP contribution in [0, 0.1) is 5.92 Å². The normalized spacial score (nSPS) is 40.0. The van der Waals surface area contributed by atoms with Crippen LogP contribution in [0.15, 0.2) is 29.0 Å². The van der Waals surface area contributed by atoms with Crippen molar-refractivity contribution >= 4 is 17.2 Å². The molecule has 3 saturated carbocycles. The molecule has 2 aliphatic heterocycles. The maximum atomic E-state index is 13.7. The molecule has 196 valence electrons. The van der Waals surface area contributed by atoms with Crippen molar-refractivity contribution in [2.45, 2.75) is 85.7 Å². The van der Waals surface area contributed by atoms with E-state index in [1.807, 2.05) is 18.0 Å². The number of amides is 1. The van der Waals surface area contributed by atoms with Crippen LogP contribution in [0.4, 0.5) is 0 Å². The lowest BCUT2D eigenvalue weighted by Gasteiger charge is -2.64. The largest absolute Gasteiger partial charge is 0.504 e. The van der Waals surface area contributed by atoms with Crippen molar-refractivity contribution in [2.24, 2.45) is 5.92 Å². The Kier molecular flexibility index (Phi) is 4.49. The number of likely N-dealkylation sites (tertiary alicyclic amines) is 1. The van der Waals surface area contributed by atoms with E-state index in [0.717, 1.165) is 36.9 Å². The number of carbonyl (C=O) groups excluding carboxylic acids is 1. The molecule has 1 saturated heterocycles. The molecule has 0 radical (unpaired) electrons. The first-order valence-corrected chi connectivity index (χ1v) is 14.7. The summed E-state index contributed by atoms with van der Waals surface area (Å²) in [6.07, 6.45) is 4.71. The summed E-state index contributed by atoms with van der Waals surface area (Å²) in [4.78, 5) is 17.9. The van der Waals surface area contributed by atoms with Crippen molar-refractivity contribution < 1.29 is 24.9 Å². The second-order valence-corrected chi connectivity index (χ2v) is 13.4. The third kappa shape index (κ3) is 2.90. The maximum Gasteiger partial charge on any atom is 0.226 e. The summed E-state index contributed by atoms with van der Waals surface area (Å²) < 4.78 is 6.64. The van der Waals surface area contributed by atoms with Gasteiger partial charge in [0.05, 0.1) is 22.7 Å². The molecule has 4 aliphatic carbocycles. The number of nitrogens with zero attached hydrogens (tertiary/aromatic N) is 2. The van der Waals surface area contributed by atoms with E-state index in [4.69, 9.17) is 4.74 Å². The number of hydrogen-bond donors (Lipinski definition) is 3. The zero-order valence-electron chi connectivity index (χ0n) is 21.1. The van der Waals surface area contributed by atoms with Gasteiger partial charge in [-0.05, 0) is 91.4 Å². The van der Waals surface area contributed by atoms with Crippen LogP contribution in [0.3, 0.4) is 0 Å². The lowest BCUT2D eigenvalue weighted by atomic mass is 9.48. The van der Waals surface area contributed by atoms with Crippen molar-refractivity contribution in [1.29, 1.82) is 0 Å². The molecule has 8 heteroatoms. The summed E-state index contributed by atoms with van der Waals surface area (Å²) in [5.74, 6) is 1.08. The van der Waals surface area contributed by atoms with Crippen molar-refractivity contribution in [3.63, 3.8) is 0 Å². The maximum absolute atomic E-state index is 13.7. The predicted molar refractivity (Wildman–Crippen MR) is 138 cm³/mol.